The maximum absolute atomic E-state index is 14.3. The Morgan fingerprint density at radius 1 is 0.870 bits per heavy atom. The summed E-state index contributed by atoms with van der Waals surface area (Å²) in [7, 11) is 0. The molecule has 3 atom stereocenters. The highest BCUT2D eigenvalue weighted by Crippen LogP contribution is 2.40. The number of likely N-dealkylation sites (tertiary alicyclic amines) is 2. The Morgan fingerprint density at radius 3 is 2.11 bits per heavy atom. The Balaban J connectivity index is 1.18. The summed E-state index contributed by atoms with van der Waals surface area (Å²) in [6.45, 7) is 3.58. The molecule has 3 fully saturated rings. The van der Waals surface area contributed by atoms with Gasteiger partial charge in [0, 0.05) is 25.6 Å². The molecule has 4 nitrogen and oxygen atoms in total. The number of halogens is 7. The lowest BCUT2D eigenvalue weighted by Gasteiger charge is -2.35. The van der Waals surface area contributed by atoms with Crippen molar-refractivity contribution >= 4 is 5.97 Å². The van der Waals surface area contributed by atoms with E-state index in [1.54, 1.807) is 12.1 Å². The molecule has 5 rings (SSSR count). The predicted octanol–water partition coefficient (Wildman–Crippen LogP) is 8.65. The maximum atomic E-state index is 14.3. The molecule has 0 aromatic heterocycles. The number of rotatable bonds is 10. The summed E-state index contributed by atoms with van der Waals surface area (Å²) in [6, 6.07) is 7.87. The normalized spacial score (nSPS) is 23.5. The Kier molecular flexibility index (Phi) is 11.0. The SMILES string of the molecule is O=C(O)C(C1CCCCC1)N1CC(CN2CCC(CCCc3cc(C(F)(F)F)cc(C(F)(F)F)c3)CC2)C(c2cccc(F)c2)C1. The van der Waals surface area contributed by atoms with E-state index in [0.29, 0.717) is 25.4 Å². The Bertz CT molecular complexity index is 1280. The molecule has 2 aromatic rings. The minimum atomic E-state index is -4.85. The largest absolute Gasteiger partial charge is 0.480 e. The van der Waals surface area contributed by atoms with Crippen molar-refractivity contribution in [2.45, 2.75) is 88.5 Å². The highest BCUT2D eigenvalue weighted by atomic mass is 19.4. The molecule has 2 aliphatic heterocycles. The van der Waals surface area contributed by atoms with Gasteiger partial charge in [-0.2, -0.15) is 26.3 Å². The molecule has 0 amide bonds. The molecule has 3 unspecified atom stereocenters. The van der Waals surface area contributed by atoms with Crippen LogP contribution in [0.15, 0.2) is 42.5 Å². The first-order valence-electron chi connectivity index (χ1n) is 16.5. The highest BCUT2D eigenvalue weighted by Gasteiger charge is 2.43. The van der Waals surface area contributed by atoms with Crippen molar-refractivity contribution in [1.29, 1.82) is 0 Å². The number of alkyl halides is 6. The smallest absolute Gasteiger partial charge is 0.416 e. The van der Waals surface area contributed by atoms with E-state index in [1.165, 1.54) is 6.07 Å². The fourth-order valence-corrected chi connectivity index (χ4v) is 8.09. The first-order chi connectivity index (χ1) is 21.8. The second kappa shape index (κ2) is 14.6. The molecule has 1 saturated carbocycles. The Hall–Kier alpha value is -2.66. The molecule has 46 heavy (non-hydrogen) atoms. The molecule has 2 saturated heterocycles. The summed E-state index contributed by atoms with van der Waals surface area (Å²) in [5.41, 5.74) is -1.62. The van der Waals surface area contributed by atoms with E-state index >= 15 is 0 Å². The molecule has 2 aromatic carbocycles. The molecule has 2 heterocycles. The van der Waals surface area contributed by atoms with Gasteiger partial charge in [0.15, 0.2) is 0 Å². The summed E-state index contributed by atoms with van der Waals surface area (Å²) < 4.78 is 93.7. The lowest BCUT2D eigenvalue weighted by molar-refractivity contribution is -0.146. The van der Waals surface area contributed by atoms with Crippen LogP contribution < -0.4 is 0 Å². The number of carboxylic acid groups (broad SMARTS) is 1. The predicted molar refractivity (Wildman–Crippen MR) is 161 cm³/mol. The standard InChI is InChI=1S/C35H43F7N2O2/c36-30-11-5-10-26(18-30)31-22-44(32(33(45)46)25-8-2-1-3-9-25)21-27(31)20-43-14-12-23(13-15-43)6-4-7-24-16-28(34(37,38)39)19-29(17-24)35(40,41)42/h5,10-11,16-19,23,25,27,31-32H,1-4,6-9,12-15,20-22H2,(H,45,46). The van der Waals surface area contributed by atoms with Gasteiger partial charge in [0.1, 0.15) is 11.9 Å². The zero-order valence-corrected chi connectivity index (χ0v) is 25.9. The number of hydrogen-bond acceptors (Lipinski definition) is 3. The van der Waals surface area contributed by atoms with Crippen LogP contribution in [0.25, 0.3) is 0 Å². The lowest BCUT2D eigenvalue weighted by Crippen LogP contribution is -2.46. The average molecular weight is 657 g/mol. The van der Waals surface area contributed by atoms with Crippen LogP contribution in [0.1, 0.15) is 86.0 Å². The third kappa shape index (κ3) is 8.82. The van der Waals surface area contributed by atoms with Crippen molar-refractivity contribution in [3.8, 4) is 0 Å². The van der Waals surface area contributed by atoms with E-state index < -0.39 is 35.5 Å². The first kappa shape index (κ1) is 34.7. The van der Waals surface area contributed by atoms with Crippen molar-refractivity contribution < 1.29 is 40.6 Å². The van der Waals surface area contributed by atoms with Crippen molar-refractivity contribution in [2.24, 2.45) is 17.8 Å². The molecule has 11 heteroatoms. The van der Waals surface area contributed by atoms with E-state index in [9.17, 15) is 40.6 Å². The highest BCUT2D eigenvalue weighted by molar-refractivity contribution is 5.74. The van der Waals surface area contributed by atoms with Crippen molar-refractivity contribution in [2.75, 3.05) is 32.7 Å². The quantitative estimate of drug-likeness (QED) is 0.260. The van der Waals surface area contributed by atoms with Gasteiger partial charge in [-0.1, -0.05) is 37.8 Å². The van der Waals surface area contributed by atoms with E-state index in [-0.39, 0.29) is 41.6 Å². The van der Waals surface area contributed by atoms with Crippen LogP contribution in [0.5, 0.6) is 0 Å². The van der Waals surface area contributed by atoms with Crippen LogP contribution in [-0.4, -0.2) is 59.6 Å². The first-order valence-corrected chi connectivity index (χ1v) is 16.5. The van der Waals surface area contributed by atoms with Crippen molar-refractivity contribution in [1.82, 2.24) is 9.80 Å². The number of carbonyl (C=O) groups is 1. The van der Waals surface area contributed by atoms with E-state index in [4.69, 9.17) is 0 Å². The fourth-order valence-electron chi connectivity index (χ4n) is 8.09. The summed E-state index contributed by atoms with van der Waals surface area (Å²) in [5.74, 6) is -0.514. The molecule has 0 spiro atoms. The minimum absolute atomic E-state index is 0.00733. The van der Waals surface area contributed by atoms with Crippen LogP contribution in [0.2, 0.25) is 0 Å². The number of piperidine rings is 1. The average Bonchev–Trinajstić information content (AvgIpc) is 3.40. The van der Waals surface area contributed by atoms with Crippen LogP contribution in [0.4, 0.5) is 30.7 Å². The van der Waals surface area contributed by atoms with Gasteiger partial charge >= 0.3 is 18.3 Å². The van der Waals surface area contributed by atoms with Gasteiger partial charge in [-0.25, -0.2) is 4.39 Å². The molecular weight excluding hydrogens is 613 g/mol. The number of aryl methyl sites for hydroxylation is 1. The van der Waals surface area contributed by atoms with Gasteiger partial charge in [-0.15, -0.1) is 0 Å². The molecule has 0 bridgehead atoms. The zero-order chi connectivity index (χ0) is 33.1. The second-order valence-electron chi connectivity index (χ2n) is 13.6. The molecule has 1 N–H and O–H groups in total. The van der Waals surface area contributed by atoms with Crippen LogP contribution in [0.3, 0.4) is 0 Å². The molecular formula is C35H43F7N2O2. The van der Waals surface area contributed by atoms with Crippen molar-refractivity contribution in [3.63, 3.8) is 0 Å². The summed E-state index contributed by atoms with van der Waals surface area (Å²) in [4.78, 5) is 17.0. The van der Waals surface area contributed by atoms with Gasteiger partial charge in [-0.3, -0.25) is 9.69 Å². The fraction of sp³-hybridized carbons (Fsp3) is 0.629. The Labute approximate surface area is 265 Å². The topological polar surface area (TPSA) is 43.8 Å². The maximum Gasteiger partial charge on any atom is 0.416 e. The molecule has 1 aliphatic carbocycles. The number of carboxylic acids is 1. The van der Waals surface area contributed by atoms with E-state index in [2.05, 4.69) is 9.80 Å². The Morgan fingerprint density at radius 2 is 1.52 bits per heavy atom. The number of benzene rings is 2. The van der Waals surface area contributed by atoms with Gasteiger partial charge in [0.25, 0.3) is 0 Å². The van der Waals surface area contributed by atoms with Gasteiger partial charge in [0.2, 0.25) is 0 Å². The number of hydrogen-bond donors (Lipinski definition) is 1. The van der Waals surface area contributed by atoms with E-state index in [0.717, 1.165) is 88.7 Å². The number of aliphatic carboxylic acids is 1. The molecule has 0 radical (unpaired) electrons. The third-order valence-corrected chi connectivity index (χ3v) is 10.4. The minimum Gasteiger partial charge on any atom is -0.480 e. The van der Waals surface area contributed by atoms with Gasteiger partial charge in [0.05, 0.1) is 11.1 Å². The lowest BCUT2D eigenvalue weighted by atomic mass is 9.83. The van der Waals surface area contributed by atoms with Crippen molar-refractivity contribution in [3.05, 3.63) is 70.5 Å². The molecule has 254 valence electrons. The monoisotopic (exact) mass is 656 g/mol. The molecule has 3 aliphatic rings. The second-order valence-corrected chi connectivity index (χ2v) is 13.6. The van der Waals surface area contributed by atoms with Crippen LogP contribution >= 0.6 is 0 Å². The summed E-state index contributed by atoms with van der Waals surface area (Å²) >= 11 is 0. The summed E-state index contributed by atoms with van der Waals surface area (Å²) in [5, 5.41) is 10.3. The van der Waals surface area contributed by atoms with Crippen LogP contribution in [-0.2, 0) is 23.6 Å². The van der Waals surface area contributed by atoms with Gasteiger partial charge in [-0.05, 0) is 111 Å². The third-order valence-electron chi connectivity index (χ3n) is 10.4. The number of nitrogens with zero attached hydrogens (tertiary/aromatic N) is 2. The van der Waals surface area contributed by atoms with Crippen LogP contribution in [0, 0.1) is 23.6 Å². The zero-order valence-electron chi connectivity index (χ0n) is 25.9. The van der Waals surface area contributed by atoms with Gasteiger partial charge < -0.3 is 10.0 Å². The summed E-state index contributed by atoms with van der Waals surface area (Å²) in [6.07, 6.45) is -1.55. The van der Waals surface area contributed by atoms with E-state index in [1.807, 2.05) is 6.07 Å².